The summed E-state index contributed by atoms with van der Waals surface area (Å²) < 4.78 is 9.21. The third-order valence-corrected chi connectivity index (χ3v) is 11.7. The Morgan fingerprint density at radius 2 is 1.15 bits per heavy atom. The average molecular weight is 695 g/mol. The second kappa shape index (κ2) is 12.5. The van der Waals surface area contributed by atoms with Gasteiger partial charge in [0.1, 0.15) is 11.2 Å². The van der Waals surface area contributed by atoms with E-state index in [2.05, 4.69) is 185 Å². The minimum absolute atomic E-state index is 0.562. The molecule has 0 N–H and O–H groups in total. The quantitative estimate of drug-likeness (QED) is 0.173. The van der Waals surface area contributed by atoms with Crippen LogP contribution in [0.3, 0.4) is 0 Å². The van der Waals surface area contributed by atoms with Crippen LogP contribution >= 0.6 is 0 Å². The minimum Gasteiger partial charge on any atom is -0.455 e. The molecule has 2 aromatic heterocycles. The van der Waals surface area contributed by atoms with Crippen molar-refractivity contribution in [3.63, 3.8) is 0 Å². The van der Waals surface area contributed by atoms with Crippen LogP contribution in [0.5, 0.6) is 0 Å². The van der Waals surface area contributed by atoms with Crippen molar-refractivity contribution >= 4 is 71.6 Å². The van der Waals surface area contributed by atoms with Crippen LogP contribution in [-0.4, -0.2) is 4.57 Å². The molecule has 8 aromatic carbocycles. The molecule has 0 aliphatic heterocycles. The molecule has 0 saturated heterocycles. The highest BCUT2D eigenvalue weighted by Crippen LogP contribution is 2.48. The Kier molecular flexibility index (Phi) is 7.19. The third-order valence-electron chi connectivity index (χ3n) is 11.7. The van der Waals surface area contributed by atoms with Gasteiger partial charge < -0.3 is 13.9 Å². The maximum absolute atomic E-state index is 6.82. The van der Waals surface area contributed by atoms with Crippen LogP contribution in [0.4, 0.5) is 17.1 Å². The Bertz CT molecular complexity index is 3000. The largest absolute Gasteiger partial charge is 0.455 e. The van der Waals surface area contributed by atoms with Crippen molar-refractivity contribution in [2.24, 2.45) is 0 Å². The highest BCUT2D eigenvalue weighted by molar-refractivity contribution is 6.21. The first-order valence-corrected chi connectivity index (χ1v) is 19.2. The van der Waals surface area contributed by atoms with Gasteiger partial charge in [0, 0.05) is 49.4 Å². The van der Waals surface area contributed by atoms with Crippen LogP contribution in [0.25, 0.3) is 71.3 Å². The summed E-state index contributed by atoms with van der Waals surface area (Å²) in [6.45, 7) is 0. The van der Waals surface area contributed by atoms with Gasteiger partial charge in [-0.1, -0.05) is 128 Å². The van der Waals surface area contributed by atoms with Gasteiger partial charge in [-0.05, 0) is 96.1 Å². The Labute approximate surface area is 314 Å². The Hall–Kier alpha value is -6.58. The van der Waals surface area contributed by atoms with Crippen molar-refractivity contribution in [2.45, 2.75) is 31.6 Å². The molecule has 0 unspecified atom stereocenters. The highest BCUT2D eigenvalue weighted by Gasteiger charge is 2.25. The second-order valence-electron chi connectivity index (χ2n) is 14.8. The van der Waals surface area contributed by atoms with Gasteiger partial charge in [-0.15, -0.1) is 0 Å². The van der Waals surface area contributed by atoms with Crippen LogP contribution in [-0.2, 0) is 0 Å². The maximum Gasteiger partial charge on any atom is 0.143 e. The molecule has 1 aliphatic carbocycles. The van der Waals surface area contributed by atoms with E-state index in [1.54, 1.807) is 0 Å². The van der Waals surface area contributed by atoms with Gasteiger partial charge in [0.2, 0.25) is 0 Å². The number of nitrogens with zero attached hydrogens (tertiary/aromatic N) is 2. The molecule has 0 atom stereocenters. The molecule has 0 bridgehead atoms. The summed E-state index contributed by atoms with van der Waals surface area (Å²) in [5.41, 5.74) is 12.6. The first kappa shape index (κ1) is 31.0. The van der Waals surface area contributed by atoms with E-state index >= 15 is 0 Å². The molecule has 0 spiro atoms. The molecule has 0 amide bonds. The van der Waals surface area contributed by atoms with Crippen molar-refractivity contribution in [1.29, 1.82) is 0 Å². The second-order valence-corrected chi connectivity index (χ2v) is 14.8. The first-order valence-electron chi connectivity index (χ1n) is 19.2. The molecule has 3 nitrogen and oxygen atoms in total. The zero-order chi connectivity index (χ0) is 35.6. The molecule has 1 aliphatic rings. The normalized spacial score (nSPS) is 13.6. The van der Waals surface area contributed by atoms with Crippen molar-refractivity contribution in [2.75, 3.05) is 4.90 Å². The topological polar surface area (TPSA) is 21.3 Å². The maximum atomic E-state index is 6.82. The number of rotatable bonds is 6. The van der Waals surface area contributed by atoms with E-state index in [1.807, 2.05) is 0 Å². The molecule has 258 valence electrons. The van der Waals surface area contributed by atoms with Gasteiger partial charge in [0.15, 0.2) is 0 Å². The van der Waals surface area contributed by atoms with E-state index in [0.29, 0.717) is 5.92 Å². The fraction of sp³-hybridized carbons (Fsp3) is 0.0980. The molecule has 0 radical (unpaired) electrons. The van der Waals surface area contributed by atoms with E-state index in [4.69, 9.17) is 4.42 Å². The lowest BCUT2D eigenvalue weighted by molar-refractivity contribution is 0.670. The summed E-state index contributed by atoms with van der Waals surface area (Å²) in [6.07, 6.45) is 5.06. The summed E-state index contributed by atoms with van der Waals surface area (Å²) in [4.78, 5) is 2.47. The molecule has 54 heavy (non-hydrogen) atoms. The van der Waals surface area contributed by atoms with Gasteiger partial charge in [0.25, 0.3) is 0 Å². The predicted molar refractivity (Wildman–Crippen MR) is 227 cm³/mol. The Balaban J connectivity index is 1.22. The number of hydrogen-bond acceptors (Lipinski definition) is 2. The summed E-state index contributed by atoms with van der Waals surface area (Å²) in [5, 5.41) is 7.20. The zero-order valence-electron chi connectivity index (χ0n) is 30.0. The molecule has 2 heterocycles. The fourth-order valence-electron chi connectivity index (χ4n) is 9.26. The number of anilines is 3. The number of aromatic nitrogens is 1. The van der Waals surface area contributed by atoms with E-state index in [9.17, 15) is 0 Å². The highest BCUT2D eigenvalue weighted by atomic mass is 16.3. The van der Waals surface area contributed by atoms with Crippen LogP contribution in [0.1, 0.15) is 37.2 Å². The van der Waals surface area contributed by atoms with Crippen molar-refractivity contribution < 1.29 is 4.42 Å². The molecular weight excluding hydrogens is 657 g/mol. The minimum atomic E-state index is 0.562. The molecule has 11 rings (SSSR count). The van der Waals surface area contributed by atoms with Crippen molar-refractivity contribution in [3.8, 4) is 16.8 Å². The van der Waals surface area contributed by atoms with E-state index in [0.717, 1.165) is 44.7 Å². The molecule has 3 heteroatoms. The number of para-hydroxylation sites is 2. The number of benzene rings is 8. The summed E-state index contributed by atoms with van der Waals surface area (Å²) in [7, 11) is 0. The molecular formula is C51H38N2O. The Morgan fingerprint density at radius 3 is 1.98 bits per heavy atom. The molecule has 10 aromatic rings. The van der Waals surface area contributed by atoms with E-state index < -0.39 is 0 Å². The van der Waals surface area contributed by atoms with Gasteiger partial charge in [0.05, 0.1) is 16.7 Å². The van der Waals surface area contributed by atoms with Crippen LogP contribution < -0.4 is 4.90 Å². The van der Waals surface area contributed by atoms with Crippen molar-refractivity contribution in [3.05, 3.63) is 181 Å². The standard InChI is InChI=1S/C51H38N2O/c1-3-15-34(16-4-1)36-19-13-22-38(31-36)52(39-29-30-47-44(32-39)42-24-11-12-27-46(42)53(47)37-20-5-2-6-21-37)48-33-45-50-40(35-17-7-8-18-35)26-14-28-49(50)54-51(45)43-25-10-9-23-41(43)48/h1-6,9-16,19-33,35H,7-8,17-18H2. The van der Waals surface area contributed by atoms with Gasteiger partial charge in [-0.25, -0.2) is 0 Å². The van der Waals surface area contributed by atoms with Gasteiger partial charge >= 0.3 is 0 Å². The van der Waals surface area contributed by atoms with Gasteiger partial charge in [-0.2, -0.15) is 0 Å². The number of hydrogen-bond donors (Lipinski definition) is 0. The number of furan rings is 1. The molecule has 1 fully saturated rings. The monoisotopic (exact) mass is 694 g/mol. The predicted octanol–water partition coefficient (Wildman–Crippen LogP) is 14.6. The van der Waals surface area contributed by atoms with Crippen molar-refractivity contribution in [1.82, 2.24) is 4.57 Å². The fourth-order valence-corrected chi connectivity index (χ4v) is 9.26. The first-order chi connectivity index (χ1) is 26.8. The van der Waals surface area contributed by atoms with Gasteiger partial charge in [-0.3, -0.25) is 0 Å². The summed E-state index contributed by atoms with van der Waals surface area (Å²) in [6, 6.07) is 64.0. The SMILES string of the molecule is c1ccc(-c2cccc(N(c3ccc4c(c3)c3ccccc3n4-c3ccccc3)c3cc4c(oc5cccc(C6CCCC6)c54)c4ccccc34)c2)cc1. The van der Waals surface area contributed by atoms with Crippen LogP contribution in [0.15, 0.2) is 180 Å². The lowest BCUT2D eigenvalue weighted by atomic mass is 9.92. The smallest absolute Gasteiger partial charge is 0.143 e. The molecule has 1 saturated carbocycles. The van der Waals surface area contributed by atoms with Crippen LogP contribution in [0, 0.1) is 0 Å². The summed E-state index contributed by atoms with van der Waals surface area (Å²) in [5.74, 6) is 0.562. The Morgan fingerprint density at radius 1 is 0.481 bits per heavy atom. The van der Waals surface area contributed by atoms with E-state index in [-0.39, 0.29) is 0 Å². The van der Waals surface area contributed by atoms with E-state index in [1.165, 1.54) is 75.0 Å². The lowest BCUT2D eigenvalue weighted by Gasteiger charge is -2.28. The number of fused-ring (bicyclic) bond motifs is 8. The van der Waals surface area contributed by atoms with Crippen LogP contribution in [0.2, 0.25) is 0 Å². The average Bonchev–Trinajstić information content (AvgIpc) is 3.99. The summed E-state index contributed by atoms with van der Waals surface area (Å²) >= 11 is 0. The zero-order valence-corrected chi connectivity index (χ0v) is 30.0. The lowest BCUT2D eigenvalue weighted by Crippen LogP contribution is -2.11. The third kappa shape index (κ3) is 4.89.